The Bertz CT molecular complexity index is 908. The molecular formula is C25H41N7S. The van der Waals surface area contributed by atoms with Crippen LogP contribution in [0.2, 0.25) is 0 Å². The van der Waals surface area contributed by atoms with Gasteiger partial charge in [-0.25, -0.2) is 9.97 Å². The molecule has 4 rings (SSSR count). The number of aromatic nitrogens is 5. The Labute approximate surface area is 203 Å². The summed E-state index contributed by atoms with van der Waals surface area (Å²) in [6.45, 7) is 14.3. The summed E-state index contributed by atoms with van der Waals surface area (Å²) in [6, 6.07) is 2.28. The van der Waals surface area contributed by atoms with Crippen LogP contribution >= 0.6 is 11.8 Å². The van der Waals surface area contributed by atoms with Crippen LogP contribution in [0.4, 0.5) is 5.82 Å². The molecule has 182 valence electrons. The fourth-order valence-electron chi connectivity index (χ4n) is 4.43. The van der Waals surface area contributed by atoms with E-state index in [1.54, 1.807) is 0 Å². The van der Waals surface area contributed by atoms with Gasteiger partial charge in [0.1, 0.15) is 17.5 Å². The van der Waals surface area contributed by atoms with E-state index in [2.05, 4.69) is 65.4 Å². The van der Waals surface area contributed by atoms with E-state index in [0.717, 1.165) is 73.9 Å². The van der Waals surface area contributed by atoms with Gasteiger partial charge < -0.3 is 9.47 Å². The molecule has 2 aliphatic rings. The minimum absolute atomic E-state index is 0.0198. The molecule has 2 fully saturated rings. The van der Waals surface area contributed by atoms with Crippen LogP contribution < -0.4 is 4.90 Å². The van der Waals surface area contributed by atoms with E-state index >= 15 is 0 Å². The van der Waals surface area contributed by atoms with Crippen molar-refractivity contribution >= 4 is 17.6 Å². The Morgan fingerprint density at radius 3 is 2.45 bits per heavy atom. The lowest BCUT2D eigenvalue weighted by Crippen LogP contribution is -2.47. The molecule has 1 saturated carbocycles. The van der Waals surface area contributed by atoms with Gasteiger partial charge in [0.25, 0.3) is 0 Å². The summed E-state index contributed by atoms with van der Waals surface area (Å²) in [5, 5.41) is 9.73. The van der Waals surface area contributed by atoms with Crippen LogP contribution in [0.15, 0.2) is 11.2 Å². The topological polar surface area (TPSA) is 63.0 Å². The first-order valence-corrected chi connectivity index (χ1v) is 13.7. The van der Waals surface area contributed by atoms with Crippen LogP contribution in [0.3, 0.4) is 0 Å². The van der Waals surface area contributed by atoms with E-state index in [1.807, 2.05) is 11.8 Å². The van der Waals surface area contributed by atoms with Crippen LogP contribution in [0.5, 0.6) is 0 Å². The maximum atomic E-state index is 5.00. The maximum absolute atomic E-state index is 5.00. The van der Waals surface area contributed by atoms with Gasteiger partial charge in [-0.3, -0.25) is 4.90 Å². The highest BCUT2D eigenvalue weighted by atomic mass is 32.2. The van der Waals surface area contributed by atoms with Crippen LogP contribution in [0.25, 0.3) is 0 Å². The quantitative estimate of drug-likeness (QED) is 0.396. The zero-order valence-corrected chi connectivity index (χ0v) is 22.0. The highest BCUT2D eigenvalue weighted by Gasteiger charge is 2.27. The van der Waals surface area contributed by atoms with Crippen molar-refractivity contribution in [2.24, 2.45) is 7.05 Å². The summed E-state index contributed by atoms with van der Waals surface area (Å²) in [5.74, 6) is 4.95. The number of hydrogen-bond donors (Lipinski definition) is 0. The Kier molecular flexibility index (Phi) is 7.95. The molecule has 1 aliphatic heterocycles. The SMILES string of the molecule is CCCc1nnc(SCCCN2CCN(c3cc(C4CCC4)nc(C(C)(C)C)n3)CC2)n1C. The van der Waals surface area contributed by atoms with Crippen molar-refractivity contribution in [2.45, 2.75) is 82.7 Å². The second kappa shape index (κ2) is 10.7. The van der Waals surface area contributed by atoms with E-state index in [1.165, 1.54) is 31.4 Å². The van der Waals surface area contributed by atoms with Gasteiger partial charge in [-0.1, -0.05) is 45.9 Å². The number of anilines is 1. The van der Waals surface area contributed by atoms with Crippen LogP contribution in [0, 0.1) is 0 Å². The normalized spacial score (nSPS) is 18.0. The lowest BCUT2D eigenvalue weighted by molar-refractivity contribution is 0.258. The summed E-state index contributed by atoms with van der Waals surface area (Å²) in [6.07, 6.45) is 7.17. The molecule has 0 spiro atoms. The van der Waals surface area contributed by atoms with E-state index in [-0.39, 0.29) is 5.41 Å². The molecule has 0 radical (unpaired) electrons. The first kappa shape index (κ1) is 24.5. The van der Waals surface area contributed by atoms with Crippen LogP contribution in [0.1, 0.15) is 83.1 Å². The minimum Gasteiger partial charge on any atom is -0.354 e. The molecule has 0 atom stereocenters. The van der Waals surface area contributed by atoms with Crippen molar-refractivity contribution in [3.63, 3.8) is 0 Å². The van der Waals surface area contributed by atoms with Crippen LogP contribution in [-0.2, 0) is 18.9 Å². The minimum atomic E-state index is -0.0198. The largest absolute Gasteiger partial charge is 0.354 e. The molecule has 8 heteroatoms. The molecule has 33 heavy (non-hydrogen) atoms. The zero-order valence-electron chi connectivity index (χ0n) is 21.2. The monoisotopic (exact) mass is 471 g/mol. The summed E-state index contributed by atoms with van der Waals surface area (Å²) in [4.78, 5) is 15.0. The van der Waals surface area contributed by atoms with Gasteiger partial charge in [-0.2, -0.15) is 0 Å². The molecule has 0 aromatic carbocycles. The molecule has 1 aliphatic carbocycles. The highest BCUT2D eigenvalue weighted by molar-refractivity contribution is 7.99. The Hall–Kier alpha value is -1.67. The van der Waals surface area contributed by atoms with E-state index in [9.17, 15) is 0 Å². The average molecular weight is 472 g/mol. The Balaban J connectivity index is 1.26. The van der Waals surface area contributed by atoms with Gasteiger partial charge in [0.15, 0.2) is 5.16 Å². The van der Waals surface area contributed by atoms with E-state index in [4.69, 9.17) is 9.97 Å². The van der Waals surface area contributed by atoms with Gasteiger partial charge >= 0.3 is 0 Å². The first-order valence-electron chi connectivity index (χ1n) is 12.7. The number of aryl methyl sites for hydroxylation is 1. The highest BCUT2D eigenvalue weighted by Crippen LogP contribution is 2.37. The number of nitrogens with zero attached hydrogens (tertiary/aromatic N) is 7. The molecule has 0 bridgehead atoms. The van der Waals surface area contributed by atoms with Gasteiger partial charge in [-0.15, -0.1) is 10.2 Å². The average Bonchev–Trinajstić information content (AvgIpc) is 3.09. The molecule has 0 N–H and O–H groups in total. The van der Waals surface area contributed by atoms with Crippen LogP contribution in [-0.4, -0.2) is 68.1 Å². The van der Waals surface area contributed by atoms with Crippen molar-refractivity contribution in [3.8, 4) is 0 Å². The molecule has 2 aromatic heterocycles. The Morgan fingerprint density at radius 1 is 1.06 bits per heavy atom. The second-order valence-electron chi connectivity index (χ2n) is 10.6. The molecule has 0 unspecified atom stereocenters. The van der Waals surface area contributed by atoms with E-state index < -0.39 is 0 Å². The van der Waals surface area contributed by atoms with Gasteiger partial charge in [0, 0.05) is 68.5 Å². The number of rotatable bonds is 9. The van der Waals surface area contributed by atoms with Gasteiger partial charge in [0.2, 0.25) is 0 Å². The predicted molar refractivity (Wildman–Crippen MR) is 136 cm³/mol. The standard InChI is InChI=1S/C25H41N7S/c1-6-9-21-28-29-24(30(21)5)33-17-8-12-31-13-15-32(16-14-31)22-18-20(19-10-7-11-19)26-23(27-22)25(2,3)4/h18-19H,6-17H2,1-5H3. The van der Waals surface area contributed by atoms with Crippen molar-refractivity contribution in [1.29, 1.82) is 0 Å². The lowest BCUT2D eigenvalue weighted by atomic mass is 9.82. The van der Waals surface area contributed by atoms with Gasteiger partial charge in [0.05, 0.1) is 0 Å². The summed E-state index contributed by atoms with van der Waals surface area (Å²) in [5.41, 5.74) is 1.25. The summed E-state index contributed by atoms with van der Waals surface area (Å²) >= 11 is 1.83. The summed E-state index contributed by atoms with van der Waals surface area (Å²) in [7, 11) is 2.08. The third kappa shape index (κ3) is 6.07. The summed E-state index contributed by atoms with van der Waals surface area (Å²) < 4.78 is 2.15. The molecule has 2 aromatic rings. The second-order valence-corrected chi connectivity index (χ2v) is 11.7. The van der Waals surface area contributed by atoms with Crippen molar-refractivity contribution < 1.29 is 0 Å². The third-order valence-corrected chi connectivity index (χ3v) is 7.98. The van der Waals surface area contributed by atoms with Crippen molar-refractivity contribution in [3.05, 3.63) is 23.4 Å². The molecule has 0 amide bonds. The van der Waals surface area contributed by atoms with Gasteiger partial charge in [-0.05, 0) is 32.2 Å². The third-order valence-electron chi connectivity index (χ3n) is 6.87. The number of hydrogen-bond acceptors (Lipinski definition) is 7. The van der Waals surface area contributed by atoms with Crippen molar-refractivity contribution in [2.75, 3.05) is 43.4 Å². The molecule has 3 heterocycles. The predicted octanol–water partition coefficient (Wildman–Crippen LogP) is 4.43. The van der Waals surface area contributed by atoms with Crippen molar-refractivity contribution in [1.82, 2.24) is 29.6 Å². The van der Waals surface area contributed by atoms with E-state index in [0.29, 0.717) is 5.92 Å². The fraction of sp³-hybridized carbons (Fsp3) is 0.760. The Morgan fingerprint density at radius 2 is 1.82 bits per heavy atom. The number of thioether (sulfide) groups is 1. The molecule has 7 nitrogen and oxygen atoms in total. The smallest absolute Gasteiger partial charge is 0.190 e. The zero-order chi connectivity index (χ0) is 23.4. The molecular weight excluding hydrogens is 430 g/mol. The first-order chi connectivity index (χ1) is 15.8. The number of piperazine rings is 1. The fourth-order valence-corrected chi connectivity index (χ4v) is 5.28. The maximum Gasteiger partial charge on any atom is 0.190 e. The lowest BCUT2D eigenvalue weighted by Gasteiger charge is -2.36. The molecule has 1 saturated heterocycles.